The first-order chi connectivity index (χ1) is 16.5. The molecule has 0 spiro atoms. The molecule has 2 amide bonds. The number of fused-ring (bicyclic) bond motifs is 1. The zero-order chi connectivity index (χ0) is 23.7. The molecule has 1 aliphatic rings. The van der Waals surface area contributed by atoms with Gasteiger partial charge in [0.1, 0.15) is 4.88 Å². The van der Waals surface area contributed by atoms with Crippen LogP contribution in [0.25, 0.3) is 10.1 Å². The molecule has 1 saturated heterocycles. The summed E-state index contributed by atoms with van der Waals surface area (Å²) in [6.45, 7) is 2.60. The van der Waals surface area contributed by atoms with E-state index in [0.717, 1.165) is 15.8 Å². The van der Waals surface area contributed by atoms with Crippen molar-refractivity contribution in [3.8, 4) is 0 Å². The molecule has 1 N–H and O–H groups in total. The molecule has 5 nitrogen and oxygen atoms in total. The van der Waals surface area contributed by atoms with Crippen LogP contribution >= 0.6 is 34.5 Å². The first kappa shape index (κ1) is 22.7. The van der Waals surface area contributed by atoms with E-state index in [2.05, 4.69) is 10.2 Å². The van der Waals surface area contributed by atoms with Gasteiger partial charge in [0.2, 0.25) is 0 Å². The molecular formula is C26H21Cl2N3O2S. The fraction of sp³-hybridized carbons (Fsp3) is 0.154. The van der Waals surface area contributed by atoms with Crippen LogP contribution in [0.15, 0.2) is 72.8 Å². The third-order valence-electron chi connectivity index (χ3n) is 5.87. The molecule has 3 aromatic carbocycles. The summed E-state index contributed by atoms with van der Waals surface area (Å²) in [5.74, 6) is -0.215. The summed E-state index contributed by atoms with van der Waals surface area (Å²) in [4.78, 5) is 30.0. The number of piperazine rings is 1. The second kappa shape index (κ2) is 9.66. The number of amides is 2. The standard InChI is InChI=1S/C26H21Cl2N3O2S/c27-20-16-18(29-25(32)24-23(28)19-8-4-5-9-22(19)34-24)10-11-21(20)30-12-14-31(15-13-30)26(33)17-6-2-1-3-7-17/h1-11,16H,12-15H2,(H,29,32). The number of benzene rings is 3. The van der Waals surface area contributed by atoms with Crippen molar-refractivity contribution >= 4 is 67.8 Å². The third kappa shape index (κ3) is 4.49. The Kier molecular flexibility index (Phi) is 6.46. The van der Waals surface area contributed by atoms with Crippen LogP contribution < -0.4 is 10.2 Å². The Morgan fingerprint density at radius 2 is 1.56 bits per heavy atom. The molecule has 2 heterocycles. The lowest BCUT2D eigenvalue weighted by atomic mass is 10.1. The highest BCUT2D eigenvalue weighted by Crippen LogP contribution is 2.36. The van der Waals surface area contributed by atoms with Gasteiger partial charge in [-0.15, -0.1) is 11.3 Å². The van der Waals surface area contributed by atoms with Crippen LogP contribution in [0.1, 0.15) is 20.0 Å². The molecule has 0 atom stereocenters. The van der Waals surface area contributed by atoms with Gasteiger partial charge < -0.3 is 15.1 Å². The topological polar surface area (TPSA) is 52.7 Å². The smallest absolute Gasteiger partial charge is 0.267 e. The number of thiophene rings is 1. The summed E-state index contributed by atoms with van der Waals surface area (Å²) < 4.78 is 0.968. The second-order valence-corrected chi connectivity index (χ2v) is 9.84. The van der Waals surface area contributed by atoms with E-state index >= 15 is 0 Å². The van der Waals surface area contributed by atoms with Gasteiger partial charge in [-0.25, -0.2) is 0 Å². The van der Waals surface area contributed by atoms with Gasteiger partial charge >= 0.3 is 0 Å². The number of nitrogens with one attached hydrogen (secondary N) is 1. The molecule has 1 fully saturated rings. The van der Waals surface area contributed by atoms with Gasteiger partial charge in [-0.1, -0.05) is 59.6 Å². The van der Waals surface area contributed by atoms with Gasteiger partial charge in [0.25, 0.3) is 11.8 Å². The summed E-state index contributed by atoms with van der Waals surface area (Å²) >= 11 is 14.4. The minimum absolute atomic E-state index is 0.0457. The first-order valence-electron chi connectivity index (χ1n) is 10.9. The monoisotopic (exact) mass is 509 g/mol. The lowest BCUT2D eigenvalue weighted by molar-refractivity contribution is 0.0746. The summed E-state index contributed by atoms with van der Waals surface area (Å²) in [5, 5.41) is 4.78. The molecule has 0 unspecified atom stereocenters. The van der Waals surface area contributed by atoms with E-state index in [0.29, 0.717) is 52.4 Å². The van der Waals surface area contributed by atoms with Crippen molar-refractivity contribution in [1.29, 1.82) is 0 Å². The number of carbonyl (C=O) groups excluding carboxylic acids is 2. The number of hydrogen-bond acceptors (Lipinski definition) is 4. The molecule has 172 valence electrons. The van der Waals surface area contributed by atoms with Crippen LogP contribution in [0.5, 0.6) is 0 Å². The van der Waals surface area contributed by atoms with Gasteiger partial charge in [-0.3, -0.25) is 9.59 Å². The maximum Gasteiger partial charge on any atom is 0.267 e. The normalized spacial score (nSPS) is 13.8. The summed E-state index contributed by atoms with van der Waals surface area (Å²) in [7, 11) is 0. The molecule has 34 heavy (non-hydrogen) atoms. The Balaban J connectivity index is 1.25. The molecule has 0 radical (unpaired) electrons. The van der Waals surface area contributed by atoms with Crippen LogP contribution in [-0.4, -0.2) is 42.9 Å². The minimum Gasteiger partial charge on any atom is -0.367 e. The molecule has 8 heteroatoms. The molecule has 4 aromatic rings. The maximum atomic E-state index is 12.8. The fourth-order valence-corrected chi connectivity index (χ4v) is 5.82. The second-order valence-electron chi connectivity index (χ2n) is 8.01. The maximum absolute atomic E-state index is 12.8. The van der Waals surface area contributed by atoms with Crippen LogP contribution in [0, 0.1) is 0 Å². The number of carbonyl (C=O) groups is 2. The predicted octanol–water partition coefficient (Wildman–Crippen LogP) is 6.42. The zero-order valence-corrected chi connectivity index (χ0v) is 20.5. The summed E-state index contributed by atoms with van der Waals surface area (Å²) in [6.07, 6.45) is 0. The molecule has 5 rings (SSSR count). The van der Waals surface area contributed by atoms with Crippen molar-refractivity contribution in [2.75, 3.05) is 36.4 Å². The molecule has 1 aromatic heterocycles. The van der Waals surface area contributed by atoms with Gasteiger partial charge in [0.05, 0.1) is 15.7 Å². The largest absolute Gasteiger partial charge is 0.367 e. The van der Waals surface area contributed by atoms with E-state index in [1.165, 1.54) is 11.3 Å². The summed E-state index contributed by atoms with van der Waals surface area (Å²) in [6, 6.07) is 22.5. The first-order valence-corrected chi connectivity index (χ1v) is 12.5. The molecular weight excluding hydrogens is 489 g/mol. The van der Waals surface area contributed by atoms with E-state index in [-0.39, 0.29) is 11.8 Å². The average molecular weight is 510 g/mol. The lowest BCUT2D eigenvalue weighted by Gasteiger charge is -2.36. The van der Waals surface area contributed by atoms with Gasteiger partial charge in [-0.2, -0.15) is 0 Å². The van der Waals surface area contributed by atoms with Crippen LogP contribution in [0.2, 0.25) is 10.0 Å². The van der Waals surface area contributed by atoms with E-state index in [1.54, 1.807) is 6.07 Å². The number of halogens is 2. The van der Waals surface area contributed by atoms with Crippen LogP contribution in [0.3, 0.4) is 0 Å². The van der Waals surface area contributed by atoms with Gasteiger partial charge in [-0.05, 0) is 36.4 Å². The predicted molar refractivity (Wildman–Crippen MR) is 141 cm³/mol. The van der Waals surface area contributed by atoms with E-state index in [9.17, 15) is 9.59 Å². The average Bonchev–Trinajstić information content (AvgIpc) is 3.21. The highest BCUT2D eigenvalue weighted by atomic mass is 35.5. The number of anilines is 2. The number of nitrogens with zero attached hydrogens (tertiary/aromatic N) is 2. The molecule has 0 aliphatic carbocycles. The zero-order valence-electron chi connectivity index (χ0n) is 18.1. The van der Waals surface area contributed by atoms with E-state index in [4.69, 9.17) is 23.2 Å². The van der Waals surface area contributed by atoms with Crippen LogP contribution in [-0.2, 0) is 0 Å². The van der Waals surface area contributed by atoms with Crippen molar-refractivity contribution in [2.45, 2.75) is 0 Å². The Hall–Kier alpha value is -3.06. The SMILES string of the molecule is O=C(Nc1ccc(N2CCN(C(=O)c3ccccc3)CC2)c(Cl)c1)c1sc2ccccc2c1Cl. The third-order valence-corrected chi connectivity index (χ3v) is 7.85. The number of hydrogen-bond donors (Lipinski definition) is 1. The molecule has 0 bridgehead atoms. The lowest BCUT2D eigenvalue weighted by Crippen LogP contribution is -2.48. The van der Waals surface area contributed by atoms with Crippen molar-refractivity contribution in [3.63, 3.8) is 0 Å². The van der Waals surface area contributed by atoms with Crippen molar-refractivity contribution in [2.24, 2.45) is 0 Å². The Labute approximate surface area is 211 Å². The van der Waals surface area contributed by atoms with Crippen molar-refractivity contribution < 1.29 is 9.59 Å². The van der Waals surface area contributed by atoms with Gasteiger partial charge in [0, 0.05) is 47.5 Å². The minimum atomic E-state index is -0.261. The molecule has 1 aliphatic heterocycles. The highest BCUT2D eigenvalue weighted by molar-refractivity contribution is 7.21. The summed E-state index contributed by atoms with van der Waals surface area (Å²) in [5.41, 5.74) is 2.18. The fourth-order valence-electron chi connectivity index (χ4n) is 4.10. The van der Waals surface area contributed by atoms with Crippen LogP contribution in [0.4, 0.5) is 11.4 Å². The van der Waals surface area contributed by atoms with E-state index < -0.39 is 0 Å². The Morgan fingerprint density at radius 3 is 2.26 bits per heavy atom. The van der Waals surface area contributed by atoms with Gasteiger partial charge in [0.15, 0.2) is 0 Å². The van der Waals surface area contributed by atoms with E-state index in [1.807, 2.05) is 71.6 Å². The van der Waals surface area contributed by atoms with Crippen molar-refractivity contribution in [1.82, 2.24) is 4.90 Å². The molecule has 0 saturated carbocycles. The quantitative estimate of drug-likeness (QED) is 0.345. The highest BCUT2D eigenvalue weighted by Gasteiger charge is 2.24. The van der Waals surface area contributed by atoms with Crippen molar-refractivity contribution in [3.05, 3.63) is 93.3 Å². The number of rotatable bonds is 4. The Bertz CT molecular complexity index is 1370. The Morgan fingerprint density at radius 1 is 0.853 bits per heavy atom.